The molecular weight excluding hydrogens is 396 g/mol. The average molecular weight is 439 g/mol. The van der Waals surface area contributed by atoms with Crippen LogP contribution < -0.4 is 0 Å². The van der Waals surface area contributed by atoms with Crippen molar-refractivity contribution in [2.45, 2.75) is 103 Å². The summed E-state index contributed by atoms with van der Waals surface area (Å²) in [7, 11) is 0. The highest BCUT2D eigenvalue weighted by Crippen LogP contribution is 2.68. The van der Waals surface area contributed by atoms with E-state index in [1.807, 2.05) is 0 Å². The smallest absolute Gasteiger partial charge is 0.302 e. The Morgan fingerprint density at radius 3 is 2.50 bits per heavy atom. The molecule has 0 heterocycles. The van der Waals surface area contributed by atoms with Crippen LogP contribution >= 0.6 is 0 Å². The van der Waals surface area contributed by atoms with Crippen molar-refractivity contribution in [3.63, 3.8) is 0 Å². The second kappa shape index (κ2) is 8.15. The summed E-state index contributed by atoms with van der Waals surface area (Å²) in [6.45, 7) is 6.53. The Bertz CT molecular complexity index is 836. The number of hydrogen-bond acceptors (Lipinski definition) is 3. The van der Waals surface area contributed by atoms with Gasteiger partial charge >= 0.3 is 5.97 Å². The van der Waals surface area contributed by atoms with E-state index in [0.717, 1.165) is 43.9 Å². The van der Waals surface area contributed by atoms with Gasteiger partial charge in [-0.15, -0.1) is 0 Å². The molecule has 0 spiro atoms. The van der Waals surface area contributed by atoms with Crippen LogP contribution in [0.1, 0.15) is 90.5 Å². The van der Waals surface area contributed by atoms with Crippen LogP contribution in [0.4, 0.5) is 0 Å². The van der Waals surface area contributed by atoms with Gasteiger partial charge in [0.15, 0.2) is 0 Å². The highest BCUT2D eigenvalue weighted by molar-refractivity contribution is 5.66. The lowest BCUT2D eigenvalue weighted by atomic mass is 9.44. The summed E-state index contributed by atoms with van der Waals surface area (Å²) in [6.07, 6.45) is 12.4. The van der Waals surface area contributed by atoms with Crippen LogP contribution in [0.5, 0.6) is 0 Å². The van der Waals surface area contributed by atoms with Crippen molar-refractivity contribution in [3.8, 4) is 0 Å². The van der Waals surface area contributed by atoms with Crippen LogP contribution in [0, 0.1) is 34.5 Å². The Balaban J connectivity index is 1.31. The van der Waals surface area contributed by atoms with Gasteiger partial charge in [-0.1, -0.05) is 44.2 Å². The molecule has 0 amide bonds. The van der Waals surface area contributed by atoms with Gasteiger partial charge in [-0.3, -0.25) is 4.79 Å². The molecule has 1 aromatic rings. The zero-order valence-electron chi connectivity index (χ0n) is 20.3. The summed E-state index contributed by atoms with van der Waals surface area (Å²) in [5, 5.41) is 12.0. The van der Waals surface area contributed by atoms with Crippen LogP contribution in [0.2, 0.25) is 0 Å². The SMILES string of the molecule is CC(=O)O[C@@H]1CC[C@@]2(C)[C@@H](CC[C@@H]3[C@@H]2CC[C@@]2(C)[C@H]3CC[C@]2(O)CCc2ccccc2)C1. The van der Waals surface area contributed by atoms with Crippen LogP contribution in [0.25, 0.3) is 0 Å². The number of carbonyl (C=O) groups is 1. The van der Waals surface area contributed by atoms with Crippen LogP contribution in [0.3, 0.4) is 0 Å². The monoisotopic (exact) mass is 438 g/mol. The van der Waals surface area contributed by atoms with E-state index in [0.29, 0.717) is 17.3 Å². The minimum absolute atomic E-state index is 0.0566. The maximum atomic E-state index is 12.0. The molecule has 1 aromatic carbocycles. The summed E-state index contributed by atoms with van der Waals surface area (Å²) in [6, 6.07) is 10.7. The normalized spacial score (nSPS) is 45.4. The maximum absolute atomic E-state index is 12.0. The number of esters is 1. The summed E-state index contributed by atoms with van der Waals surface area (Å²) in [5.41, 5.74) is 1.26. The lowest BCUT2D eigenvalue weighted by molar-refractivity contribution is -0.170. The van der Waals surface area contributed by atoms with Gasteiger partial charge in [0.1, 0.15) is 6.10 Å². The molecule has 176 valence electrons. The molecule has 1 N–H and O–H groups in total. The van der Waals surface area contributed by atoms with Gasteiger partial charge in [-0.05, 0) is 111 Å². The first-order chi connectivity index (χ1) is 15.3. The lowest BCUT2D eigenvalue weighted by Crippen LogP contribution is -2.57. The zero-order chi connectivity index (χ0) is 22.6. The third kappa shape index (κ3) is 3.54. The van der Waals surface area contributed by atoms with E-state index in [1.54, 1.807) is 6.92 Å². The summed E-state index contributed by atoms with van der Waals surface area (Å²) < 4.78 is 5.63. The molecule has 32 heavy (non-hydrogen) atoms. The molecule has 0 saturated heterocycles. The van der Waals surface area contributed by atoms with Gasteiger partial charge < -0.3 is 9.84 Å². The number of fused-ring (bicyclic) bond motifs is 5. The van der Waals surface area contributed by atoms with Gasteiger partial charge in [0.25, 0.3) is 0 Å². The number of aliphatic hydroxyl groups is 1. The Kier molecular flexibility index (Phi) is 5.72. The fraction of sp³-hybridized carbons (Fsp3) is 0.759. The van der Waals surface area contributed by atoms with E-state index < -0.39 is 5.60 Å². The fourth-order valence-electron chi connectivity index (χ4n) is 9.08. The van der Waals surface area contributed by atoms with Gasteiger partial charge in [0, 0.05) is 6.92 Å². The van der Waals surface area contributed by atoms with Crippen molar-refractivity contribution in [1.29, 1.82) is 0 Å². The third-order valence-corrected chi connectivity index (χ3v) is 10.9. The van der Waals surface area contributed by atoms with Gasteiger partial charge in [0.2, 0.25) is 0 Å². The van der Waals surface area contributed by atoms with E-state index in [1.165, 1.54) is 44.1 Å². The quantitative estimate of drug-likeness (QED) is 0.559. The predicted octanol–water partition coefficient (Wildman–Crippen LogP) is 6.32. The minimum atomic E-state index is -0.525. The predicted molar refractivity (Wildman–Crippen MR) is 127 cm³/mol. The Morgan fingerprint density at radius 1 is 1.00 bits per heavy atom. The molecule has 0 unspecified atom stereocenters. The molecule has 0 aliphatic heterocycles. The van der Waals surface area contributed by atoms with Crippen molar-refractivity contribution < 1.29 is 14.6 Å². The molecule has 4 aliphatic carbocycles. The standard InChI is InChI=1S/C29H42O3/c1-20(30)32-23-12-15-27(2)22(19-23)9-10-24-25(27)13-16-28(3)26(24)14-18-29(28,31)17-11-21-7-5-4-6-8-21/h4-8,22-26,31H,9-19H2,1-3H3/t22-,23+,24+,25-,26-,27-,28-,29+/m0/s1. The first-order valence-corrected chi connectivity index (χ1v) is 13.2. The molecule has 5 rings (SSSR count). The lowest BCUT2D eigenvalue weighted by Gasteiger charge is -2.61. The van der Waals surface area contributed by atoms with Crippen molar-refractivity contribution in [1.82, 2.24) is 0 Å². The van der Waals surface area contributed by atoms with Gasteiger partial charge in [-0.2, -0.15) is 0 Å². The van der Waals surface area contributed by atoms with Gasteiger partial charge in [0.05, 0.1) is 5.60 Å². The van der Waals surface area contributed by atoms with E-state index in [4.69, 9.17) is 4.74 Å². The average Bonchev–Trinajstić information content (AvgIpc) is 3.04. The molecule has 4 saturated carbocycles. The van der Waals surface area contributed by atoms with Crippen molar-refractivity contribution in [3.05, 3.63) is 35.9 Å². The number of ether oxygens (including phenoxy) is 1. The zero-order valence-corrected chi connectivity index (χ0v) is 20.3. The van der Waals surface area contributed by atoms with Crippen LogP contribution in [0.15, 0.2) is 30.3 Å². The largest absolute Gasteiger partial charge is 0.463 e. The summed E-state index contributed by atoms with van der Waals surface area (Å²) in [4.78, 5) is 11.5. The molecule has 3 nitrogen and oxygen atoms in total. The third-order valence-electron chi connectivity index (χ3n) is 10.9. The molecule has 4 aliphatic rings. The highest BCUT2D eigenvalue weighted by Gasteiger charge is 2.64. The van der Waals surface area contributed by atoms with Crippen LogP contribution in [-0.2, 0) is 16.0 Å². The topological polar surface area (TPSA) is 46.5 Å². The second-order valence-electron chi connectivity index (χ2n) is 12.2. The van der Waals surface area contributed by atoms with Gasteiger partial charge in [-0.25, -0.2) is 0 Å². The number of benzene rings is 1. The van der Waals surface area contributed by atoms with E-state index >= 15 is 0 Å². The maximum Gasteiger partial charge on any atom is 0.302 e. The number of aryl methyl sites for hydroxylation is 1. The highest BCUT2D eigenvalue weighted by atomic mass is 16.5. The van der Waals surface area contributed by atoms with E-state index in [2.05, 4.69) is 44.2 Å². The first-order valence-electron chi connectivity index (χ1n) is 13.2. The fourth-order valence-corrected chi connectivity index (χ4v) is 9.08. The Morgan fingerprint density at radius 2 is 1.75 bits per heavy atom. The van der Waals surface area contributed by atoms with Crippen molar-refractivity contribution in [2.75, 3.05) is 0 Å². The van der Waals surface area contributed by atoms with Crippen molar-refractivity contribution in [2.24, 2.45) is 34.5 Å². The minimum Gasteiger partial charge on any atom is -0.463 e. The van der Waals surface area contributed by atoms with E-state index in [-0.39, 0.29) is 17.5 Å². The molecule has 0 radical (unpaired) electrons. The molecule has 0 aromatic heterocycles. The second-order valence-corrected chi connectivity index (χ2v) is 12.2. The van der Waals surface area contributed by atoms with Crippen LogP contribution in [-0.4, -0.2) is 22.8 Å². The van der Waals surface area contributed by atoms with Crippen molar-refractivity contribution >= 4 is 5.97 Å². The number of rotatable bonds is 4. The summed E-state index contributed by atoms with van der Waals surface area (Å²) in [5.74, 6) is 2.75. The Hall–Kier alpha value is -1.35. The number of carbonyl (C=O) groups excluding carboxylic acids is 1. The molecule has 0 bridgehead atoms. The number of hydrogen-bond donors (Lipinski definition) is 1. The molecule has 3 heteroatoms. The Labute approximate surface area is 194 Å². The molecular formula is C29H42O3. The molecule has 4 fully saturated rings. The first kappa shape index (κ1) is 22.4. The van der Waals surface area contributed by atoms with E-state index in [9.17, 15) is 9.90 Å². The summed E-state index contributed by atoms with van der Waals surface area (Å²) >= 11 is 0. The molecule has 8 atom stereocenters.